The van der Waals surface area contributed by atoms with Gasteiger partial charge in [-0.15, -0.1) is 0 Å². The third kappa shape index (κ3) is 2.97. The summed E-state index contributed by atoms with van der Waals surface area (Å²) < 4.78 is 5.88. The molecule has 0 saturated carbocycles. The zero-order valence-electron chi connectivity index (χ0n) is 14.7. The van der Waals surface area contributed by atoms with Gasteiger partial charge in [-0.1, -0.05) is 27.7 Å². The second kappa shape index (κ2) is 5.91. The molecule has 1 aliphatic rings. The number of hydrogen-bond donors (Lipinski definition) is 0. The Labute approximate surface area is 134 Å². The number of allylic oxidation sites excluding steroid dienone is 2. The predicted octanol–water partition coefficient (Wildman–Crippen LogP) is 5.04. The normalized spacial score (nSPS) is 19.5. The van der Waals surface area contributed by atoms with E-state index in [4.69, 9.17) is 4.74 Å². The number of benzene rings is 1. The smallest absolute Gasteiger partial charge is 0.143 e. The largest absolute Gasteiger partial charge is 0.493 e. The molecule has 1 aromatic rings. The van der Waals surface area contributed by atoms with E-state index in [1.165, 1.54) is 24.0 Å². The lowest BCUT2D eigenvalue weighted by Gasteiger charge is -2.42. The quantitative estimate of drug-likeness (QED) is 0.575. The standard InChI is InChI=1S/C20H28O2/c1-7-22-18-13-17-16(12-15(18)14(2)8-11-21)19(3,4)9-10-20(17,5)6/h8,11-13H,7,9-10H2,1-6H3/b14-8-. The van der Waals surface area contributed by atoms with Crippen LogP contribution in [0.25, 0.3) is 5.57 Å². The van der Waals surface area contributed by atoms with Crippen LogP contribution in [-0.4, -0.2) is 12.9 Å². The first-order chi connectivity index (χ1) is 10.2. The zero-order chi connectivity index (χ0) is 16.5. The number of aldehydes is 1. The molecule has 0 saturated heterocycles. The van der Waals surface area contributed by atoms with Gasteiger partial charge in [0.25, 0.3) is 0 Å². The Balaban J connectivity index is 2.72. The maximum absolute atomic E-state index is 10.9. The van der Waals surface area contributed by atoms with Crippen molar-refractivity contribution in [3.8, 4) is 5.75 Å². The Morgan fingerprint density at radius 2 is 1.68 bits per heavy atom. The first-order valence-electron chi connectivity index (χ1n) is 8.17. The first kappa shape index (κ1) is 16.8. The molecule has 0 fully saturated rings. The van der Waals surface area contributed by atoms with E-state index in [9.17, 15) is 4.79 Å². The number of carbonyl (C=O) groups is 1. The van der Waals surface area contributed by atoms with Crippen LogP contribution < -0.4 is 4.74 Å². The SMILES string of the molecule is CCOc1cc2c(cc1/C(C)=C\C=O)C(C)(C)CCC2(C)C. The van der Waals surface area contributed by atoms with Crippen LogP contribution in [0.5, 0.6) is 5.75 Å². The number of fused-ring (bicyclic) bond motifs is 1. The van der Waals surface area contributed by atoms with E-state index in [2.05, 4.69) is 39.8 Å². The van der Waals surface area contributed by atoms with Gasteiger partial charge < -0.3 is 4.74 Å². The van der Waals surface area contributed by atoms with Crippen molar-refractivity contribution in [2.45, 2.75) is 65.2 Å². The third-order valence-electron chi connectivity index (χ3n) is 5.00. The van der Waals surface area contributed by atoms with Crippen LogP contribution in [0.2, 0.25) is 0 Å². The van der Waals surface area contributed by atoms with Gasteiger partial charge in [-0.3, -0.25) is 4.79 Å². The van der Waals surface area contributed by atoms with Crippen LogP contribution in [0, 0.1) is 0 Å². The fourth-order valence-electron chi connectivity index (χ4n) is 3.37. The topological polar surface area (TPSA) is 26.3 Å². The maximum Gasteiger partial charge on any atom is 0.143 e. The summed E-state index contributed by atoms with van der Waals surface area (Å²) in [6, 6.07) is 4.45. The Bertz CT molecular complexity index is 606. The Morgan fingerprint density at radius 1 is 1.14 bits per heavy atom. The van der Waals surface area contributed by atoms with E-state index in [0.29, 0.717) is 6.61 Å². The molecule has 0 aliphatic heterocycles. The third-order valence-corrected chi connectivity index (χ3v) is 5.00. The first-order valence-corrected chi connectivity index (χ1v) is 8.17. The van der Waals surface area contributed by atoms with Crippen molar-refractivity contribution in [2.24, 2.45) is 0 Å². The summed E-state index contributed by atoms with van der Waals surface area (Å²) in [5.74, 6) is 0.891. The average molecular weight is 300 g/mol. The fraction of sp³-hybridized carbons (Fsp3) is 0.550. The van der Waals surface area contributed by atoms with Gasteiger partial charge in [0.1, 0.15) is 12.0 Å². The maximum atomic E-state index is 10.9. The lowest BCUT2D eigenvalue weighted by Crippen LogP contribution is -2.34. The number of carbonyl (C=O) groups excluding carboxylic acids is 1. The van der Waals surface area contributed by atoms with Gasteiger partial charge in [-0.05, 0) is 72.4 Å². The summed E-state index contributed by atoms with van der Waals surface area (Å²) >= 11 is 0. The number of ether oxygens (including phenoxy) is 1. The van der Waals surface area contributed by atoms with Crippen LogP contribution in [-0.2, 0) is 15.6 Å². The molecule has 0 spiro atoms. The van der Waals surface area contributed by atoms with Crippen molar-refractivity contribution < 1.29 is 9.53 Å². The molecular formula is C20H28O2. The fourth-order valence-corrected chi connectivity index (χ4v) is 3.37. The zero-order valence-corrected chi connectivity index (χ0v) is 14.7. The van der Waals surface area contributed by atoms with Crippen molar-refractivity contribution >= 4 is 11.9 Å². The highest BCUT2D eigenvalue weighted by Gasteiger charge is 2.37. The second-order valence-corrected chi connectivity index (χ2v) is 7.58. The summed E-state index contributed by atoms with van der Waals surface area (Å²) in [5.41, 5.74) is 5.10. The van der Waals surface area contributed by atoms with Gasteiger partial charge >= 0.3 is 0 Å². The molecule has 0 atom stereocenters. The van der Waals surface area contributed by atoms with Crippen molar-refractivity contribution in [1.29, 1.82) is 0 Å². The summed E-state index contributed by atoms with van der Waals surface area (Å²) in [5, 5.41) is 0. The lowest BCUT2D eigenvalue weighted by atomic mass is 9.62. The Morgan fingerprint density at radius 3 is 2.18 bits per heavy atom. The molecular weight excluding hydrogens is 272 g/mol. The van der Waals surface area contributed by atoms with Crippen LogP contribution >= 0.6 is 0 Å². The molecule has 22 heavy (non-hydrogen) atoms. The number of hydrogen-bond acceptors (Lipinski definition) is 2. The molecule has 0 aromatic heterocycles. The molecule has 2 nitrogen and oxygen atoms in total. The molecule has 0 radical (unpaired) electrons. The molecule has 0 N–H and O–H groups in total. The molecule has 0 amide bonds. The minimum Gasteiger partial charge on any atom is -0.493 e. The van der Waals surface area contributed by atoms with E-state index in [1.807, 2.05) is 13.8 Å². The highest BCUT2D eigenvalue weighted by molar-refractivity contribution is 5.83. The van der Waals surface area contributed by atoms with Crippen LogP contribution in [0.1, 0.15) is 71.1 Å². The van der Waals surface area contributed by atoms with Crippen LogP contribution in [0.4, 0.5) is 0 Å². The van der Waals surface area contributed by atoms with Gasteiger partial charge in [0.15, 0.2) is 0 Å². The highest BCUT2D eigenvalue weighted by atomic mass is 16.5. The van der Waals surface area contributed by atoms with Gasteiger partial charge in [-0.2, -0.15) is 0 Å². The monoisotopic (exact) mass is 300 g/mol. The molecule has 0 bridgehead atoms. The molecule has 0 unspecified atom stereocenters. The molecule has 0 heterocycles. The predicted molar refractivity (Wildman–Crippen MR) is 92.6 cm³/mol. The van der Waals surface area contributed by atoms with E-state index < -0.39 is 0 Å². The Hall–Kier alpha value is -1.57. The molecule has 2 heteroatoms. The number of rotatable bonds is 4. The van der Waals surface area contributed by atoms with E-state index >= 15 is 0 Å². The van der Waals surface area contributed by atoms with Gasteiger partial charge in [-0.25, -0.2) is 0 Å². The van der Waals surface area contributed by atoms with Gasteiger partial charge in [0, 0.05) is 5.56 Å². The Kier molecular flexibility index (Phi) is 4.51. The average Bonchev–Trinajstić information content (AvgIpc) is 2.44. The van der Waals surface area contributed by atoms with Crippen molar-refractivity contribution in [3.63, 3.8) is 0 Å². The minimum atomic E-state index is 0.159. The van der Waals surface area contributed by atoms with E-state index in [-0.39, 0.29) is 10.8 Å². The van der Waals surface area contributed by atoms with Crippen LogP contribution in [0.15, 0.2) is 18.2 Å². The molecule has 1 aliphatic carbocycles. The lowest BCUT2D eigenvalue weighted by molar-refractivity contribution is -0.104. The summed E-state index contributed by atoms with van der Waals surface area (Å²) in [6.07, 6.45) is 4.82. The van der Waals surface area contributed by atoms with E-state index in [1.54, 1.807) is 6.08 Å². The van der Waals surface area contributed by atoms with Crippen molar-refractivity contribution in [3.05, 3.63) is 34.9 Å². The van der Waals surface area contributed by atoms with Crippen molar-refractivity contribution in [2.75, 3.05) is 6.61 Å². The van der Waals surface area contributed by atoms with Crippen molar-refractivity contribution in [1.82, 2.24) is 0 Å². The summed E-state index contributed by atoms with van der Waals surface area (Å²) in [4.78, 5) is 10.9. The molecule has 120 valence electrons. The van der Waals surface area contributed by atoms with E-state index in [0.717, 1.165) is 23.2 Å². The van der Waals surface area contributed by atoms with Gasteiger partial charge in [0.2, 0.25) is 0 Å². The second-order valence-electron chi connectivity index (χ2n) is 7.58. The molecule has 2 rings (SSSR count). The summed E-state index contributed by atoms with van der Waals surface area (Å²) in [7, 11) is 0. The van der Waals surface area contributed by atoms with Crippen LogP contribution in [0.3, 0.4) is 0 Å². The minimum absolute atomic E-state index is 0.159. The van der Waals surface area contributed by atoms with Gasteiger partial charge in [0.05, 0.1) is 6.61 Å². The molecule has 1 aromatic carbocycles. The summed E-state index contributed by atoms with van der Waals surface area (Å²) in [6.45, 7) is 13.8. The highest BCUT2D eigenvalue weighted by Crippen LogP contribution is 2.48.